The first-order valence-corrected chi connectivity index (χ1v) is 2.60. The number of allylic oxidation sites excluding steroid dienone is 4. The first-order valence-electron chi connectivity index (χ1n) is 2.60. The molecule has 0 fully saturated rings. The largest absolute Gasteiger partial charge is 2.00 e. The summed E-state index contributed by atoms with van der Waals surface area (Å²) in [5, 5.41) is 0. The summed E-state index contributed by atoms with van der Waals surface area (Å²) in [4.78, 5) is 4.08. The molecule has 2 aliphatic rings. The quantitative estimate of drug-likeness (QED) is 0.418. The van der Waals surface area contributed by atoms with Crippen LogP contribution < -0.4 is 24.8 Å². The van der Waals surface area contributed by atoms with Crippen molar-refractivity contribution in [2.75, 3.05) is 0 Å². The van der Waals surface area contributed by atoms with Crippen LogP contribution in [-0.2, 0) is 26.2 Å². The number of hydrogen-bond donors (Lipinski definition) is 0. The summed E-state index contributed by atoms with van der Waals surface area (Å²) < 4.78 is 0. The van der Waals surface area contributed by atoms with E-state index in [0.29, 0.717) is 0 Å². The van der Waals surface area contributed by atoms with Gasteiger partial charge in [0, 0.05) is 11.8 Å². The Hall–Kier alpha value is 0.353. The summed E-state index contributed by atoms with van der Waals surface area (Å²) in [6.07, 6.45) is 9.91. The fourth-order valence-corrected chi connectivity index (χ4v) is 0.881. The molecule has 0 aromatic rings. The van der Waals surface area contributed by atoms with E-state index in [1.807, 2.05) is 24.4 Å². The van der Waals surface area contributed by atoms with E-state index in [2.05, 4.69) is 11.1 Å². The number of hydrogen-bond acceptors (Lipinski definition) is 1. The number of fused-ring (bicyclic) bond motifs is 1. The van der Waals surface area contributed by atoms with Crippen LogP contribution in [0.2, 0.25) is 0 Å². The van der Waals surface area contributed by atoms with Crippen LogP contribution in [0.25, 0.3) is 0 Å². The fourth-order valence-electron chi connectivity index (χ4n) is 0.881. The van der Waals surface area contributed by atoms with E-state index < -0.39 is 0 Å². The smallest absolute Gasteiger partial charge is 1.00 e. The van der Waals surface area contributed by atoms with Crippen LogP contribution in [-0.4, -0.2) is 6.21 Å². The molecule has 0 bridgehead atoms. The van der Waals surface area contributed by atoms with Gasteiger partial charge in [0.15, 0.2) is 0 Å². The van der Waals surface area contributed by atoms with Gasteiger partial charge in [-0.1, -0.05) is 12.2 Å². The third-order valence-corrected chi connectivity index (χ3v) is 1.29. The van der Waals surface area contributed by atoms with E-state index in [9.17, 15) is 0 Å². The molecule has 0 aromatic heterocycles. The Kier molecular flexibility index (Phi) is 7.51. The van der Waals surface area contributed by atoms with Crippen LogP contribution in [0.15, 0.2) is 40.6 Å². The molecular formula is C7H5Cl2NZr. The van der Waals surface area contributed by atoms with E-state index >= 15 is 0 Å². The average molecular weight is 265 g/mol. The number of aliphatic imine (C=N–C) groups is 1. The number of rotatable bonds is 0. The molecule has 11 heavy (non-hydrogen) atoms. The molecule has 0 N–H and O–H groups in total. The predicted octanol–water partition coefficient (Wildman–Crippen LogP) is -4.54. The van der Waals surface area contributed by atoms with Crippen LogP contribution in [0.4, 0.5) is 0 Å². The van der Waals surface area contributed by atoms with Crippen molar-refractivity contribution >= 4 is 6.21 Å². The molecule has 0 spiro atoms. The summed E-state index contributed by atoms with van der Waals surface area (Å²) in [5.74, 6) is 0. The maximum Gasteiger partial charge on any atom is 2.00 e. The van der Waals surface area contributed by atoms with Crippen molar-refractivity contribution < 1.29 is 51.0 Å². The third kappa shape index (κ3) is 2.70. The summed E-state index contributed by atoms with van der Waals surface area (Å²) in [5.41, 5.74) is 2.34. The monoisotopic (exact) mass is 263 g/mol. The van der Waals surface area contributed by atoms with Crippen molar-refractivity contribution in [2.45, 2.75) is 0 Å². The van der Waals surface area contributed by atoms with Gasteiger partial charge in [0.1, 0.15) is 0 Å². The summed E-state index contributed by atoms with van der Waals surface area (Å²) >= 11 is 0. The van der Waals surface area contributed by atoms with Crippen LogP contribution in [0.3, 0.4) is 0 Å². The Labute approximate surface area is 97.3 Å². The van der Waals surface area contributed by atoms with E-state index in [1.165, 1.54) is 5.57 Å². The number of halogens is 2. The Morgan fingerprint density at radius 3 is 2.45 bits per heavy atom. The molecule has 4 heteroatoms. The van der Waals surface area contributed by atoms with Crippen molar-refractivity contribution in [2.24, 2.45) is 4.99 Å². The molecule has 0 radical (unpaired) electrons. The molecule has 0 saturated heterocycles. The predicted molar refractivity (Wildman–Crippen MR) is 33.8 cm³/mol. The minimum Gasteiger partial charge on any atom is -1.00 e. The van der Waals surface area contributed by atoms with Gasteiger partial charge in [-0.25, -0.2) is 0 Å². The van der Waals surface area contributed by atoms with Crippen molar-refractivity contribution in [1.29, 1.82) is 0 Å². The molecule has 1 aliphatic heterocycles. The second-order valence-corrected chi connectivity index (χ2v) is 1.81. The van der Waals surface area contributed by atoms with E-state index in [-0.39, 0.29) is 51.0 Å². The molecule has 0 saturated carbocycles. The van der Waals surface area contributed by atoms with Gasteiger partial charge < -0.3 is 24.8 Å². The zero-order chi connectivity index (χ0) is 5.40. The van der Waals surface area contributed by atoms with E-state index in [0.717, 1.165) is 5.70 Å². The van der Waals surface area contributed by atoms with Gasteiger partial charge in [-0.05, 0) is 12.2 Å². The van der Waals surface area contributed by atoms with Crippen LogP contribution in [0, 0.1) is 0 Å². The fraction of sp³-hybridized carbons (Fsp3) is 0. The topological polar surface area (TPSA) is 12.4 Å². The molecule has 0 atom stereocenters. The van der Waals surface area contributed by atoms with Gasteiger partial charge in [0.2, 0.25) is 0 Å². The van der Waals surface area contributed by atoms with E-state index in [1.54, 1.807) is 0 Å². The molecule has 56 valence electrons. The first kappa shape index (κ1) is 13.9. The second-order valence-electron chi connectivity index (χ2n) is 1.81. The van der Waals surface area contributed by atoms with Gasteiger partial charge in [0.25, 0.3) is 0 Å². The first-order chi connectivity index (χ1) is 3.97. The Bertz CT molecular complexity index is 215. The Balaban J connectivity index is 0. The number of nitrogens with zero attached hydrogens (tertiary/aromatic N) is 1. The van der Waals surface area contributed by atoms with E-state index in [4.69, 9.17) is 0 Å². The zero-order valence-corrected chi connectivity index (χ0v) is 9.56. The van der Waals surface area contributed by atoms with Crippen molar-refractivity contribution in [1.82, 2.24) is 0 Å². The van der Waals surface area contributed by atoms with Gasteiger partial charge >= 0.3 is 26.2 Å². The van der Waals surface area contributed by atoms with Crippen LogP contribution in [0.5, 0.6) is 0 Å². The minimum absolute atomic E-state index is 0. The Morgan fingerprint density at radius 2 is 1.82 bits per heavy atom. The van der Waals surface area contributed by atoms with Gasteiger partial charge in [-0.2, -0.15) is 0 Å². The molecule has 0 amide bonds. The molecule has 0 aromatic carbocycles. The summed E-state index contributed by atoms with van der Waals surface area (Å²) in [7, 11) is 0. The normalized spacial score (nSPS) is 15.3. The van der Waals surface area contributed by atoms with Gasteiger partial charge in [0.05, 0.1) is 5.70 Å². The zero-order valence-electron chi connectivity index (χ0n) is 5.59. The Morgan fingerprint density at radius 1 is 1.09 bits per heavy atom. The van der Waals surface area contributed by atoms with Gasteiger partial charge in [-0.3, -0.25) is 4.99 Å². The average Bonchev–Trinajstić information content (AvgIpc) is 2.15. The SMILES string of the molecule is C1=CC2=CC=NC2=C1.[Cl-].[Cl-].[Zr+2]. The minimum atomic E-state index is 0. The second kappa shape index (κ2) is 5.94. The maximum atomic E-state index is 4.08. The van der Waals surface area contributed by atoms with Crippen molar-refractivity contribution in [3.8, 4) is 0 Å². The molecule has 1 aliphatic carbocycles. The summed E-state index contributed by atoms with van der Waals surface area (Å²) in [6.45, 7) is 0. The summed E-state index contributed by atoms with van der Waals surface area (Å²) in [6, 6.07) is 0. The standard InChI is InChI=1S/C7H5N.2ClH.Zr/c1-2-6-4-5-8-7(6)3-1;;;/h1-5H;2*1H;/q;;;+2/p-2. The van der Waals surface area contributed by atoms with Crippen LogP contribution >= 0.6 is 0 Å². The molecule has 1 heterocycles. The molecular weight excluding hydrogens is 260 g/mol. The van der Waals surface area contributed by atoms with Crippen molar-refractivity contribution in [3.63, 3.8) is 0 Å². The van der Waals surface area contributed by atoms with Crippen LogP contribution in [0.1, 0.15) is 0 Å². The molecule has 0 unspecified atom stereocenters. The maximum absolute atomic E-state index is 4.08. The molecule has 1 nitrogen and oxygen atoms in total. The molecule has 2 rings (SSSR count). The van der Waals surface area contributed by atoms with Gasteiger partial charge in [-0.15, -0.1) is 0 Å². The van der Waals surface area contributed by atoms with Crippen molar-refractivity contribution in [3.05, 3.63) is 35.6 Å². The third-order valence-electron chi connectivity index (χ3n) is 1.29.